The first-order valence-electron chi connectivity index (χ1n) is 6.80. The van der Waals surface area contributed by atoms with Gasteiger partial charge in [0.2, 0.25) is 0 Å². The lowest BCUT2D eigenvalue weighted by molar-refractivity contribution is 0.0743. The molecule has 0 saturated heterocycles. The highest BCUT2D eigenvalue weighted by molar-refractivity contribution is 7.98. The molecule has 0 aromatic heterocycles. The lowest BCUT2D eigenvalue weighted by Crippen LogP contribution is -2.38. The minimum atomic E-state index is 0.123. The molecule has 0 fully saturated rings. The van der Waals surface area contributed by atoms with Crippen molar-refractivity contribution in [3.05, 3.63) is 29.3 Å². The Morgan fingerprint density at radius 3 is 3.00 bits per heavy atom. The summed E-state index contributed by atoms with van der Waals surface area (Å²) in [6.45, 7) is 3.11. The van der Waals surface area contributed by atoms with Crippen LogP contribution in [0.4, 0.5) is 5.69 Å². The van der Waals surface area contributed by atoms with Gasteiger partial charge in [0.1, 0.15) is 0 Å². The van der Waals surface area contributed by atoms with Crippen LogP contribution in [0.1, 0.15) is 29.3 Å². The van der Waals surface area contributed by atoms with Gasteiger partial charge in [0, 0.05) is 36.6 Å². The molecule has 2 rings (SSSR count). The fourth-order valence-corrected chi connectivity index (χ4v) is 3.33. The van der Waals surface area contributed by atoms with Crippen LogP contribution < -0.4 is 5.32 Å². The number of amides is 1. The van der Waals surface area contributed by atoms with Gasteiger partial charge in [-0.3, -0.25) is 4.79 Å². The van der Waals surface area contributed by atoms with E-state index in [1.165, 1.54) is 5.56 Å². The number of hydrogen-bond acceptors (Lipinski definition) is 3. The average Bonchev–Trinajstić information content (AvgIpc) is 2.90. The van der Waals surface area contributed by atoms with Crippen LogP contribution >= 0.6 is 11.8 Å². The van der Waals surface area contributed by atoms with Crippen LogP contribution in [0, 0.1) is 0 Å². The molecule has 0 bridgehead atoms. The molecule has 0 spiro atoms. The number of anilines is 1. The van der Waals surface area contributed by atoms with Gasteiger partial charge < -0.3 is 10.2 Å². The Morgan fingerprint density at radius 1 is 1.53 bits per heavy atom. The van der Waals surface area contributed by atoms with E-state index in [-0.39, 0.29) is 5.91 Å². The van der Waals surface area contributed by atoms with Crippen molar-refractivity contribution in [1.29, 1.82) is 0 Å². The summed E-state index contributed by atoms with van der Waals surface area (Å²) in [4.78, 5) is 14.4. The van der Waals surface area contributed by atoms with Gasteiger partial charge >= 0.3 is 0 Å². The van der Waals surface area contributed by atoms with Crippen molar-refractivity contribution < 1.29 is 4.79 Å². The molecular formula is C15H22N2OS. The highest BCUT2D eigenvalue weighted by atomic mass is 32.2. The molecule has 19 heavy (non-hydrogen) atoms. The monoisotopic (exact) mass is 278 g/mol. The Bertz CT molecular complexity index is 461. The highest BCUT2D eigenvalue weighted by Gasteiger charge is 2.21. The molecule has 104 valence electrons. The largest absolute Gasteiger partial charge is 0.384 e. The second-order valence-corrected chi connectivity index (χ2v) is 5.89. The average molecular weight is 278 g/mol. The van der Waals surface area contributed by atoms with Gasteiger partial charge in [-0.25, -0.2) is 0 Å². The van der Waals surface area contributed by atoms with Gasteiger partial charge in [0.15, 0.2) is 0 Å². The van der Waals surface area contributed by atoms with Crippen LogP contribution in [0.2, 0.25) is 0 Å². The maximum Gasteiger partial charge on any atom is 0.253 e. The van der Waals surface area contributed by atoms with Crippen molar-refractivity contribution in [2.45, 2.75) is 25.8 Å². The van der Waals surface area contributed by atoms with Crippen LogP contribution in [-0.2, 0) is 6.42 Å². The summed E-state index contributed by atoms with van der Waals surface area (Å²) in [6, 6.07) is 6.33. The summed E-state index contributed by atoms with van der Waals surface area (Å²) in [5.74, 6) is 1.11. The smallest absolute Gasteiger partial charge is 0.253 e. The predicted octanol–water partition coefficient (Wildman–Crippen LogP) is 2.87. The zero-order chi connectivity index (χ0) is 13.8. The molecule has 1 atom stereocenters. The summed E-state index contributed by atoms with van der Waals surface area (Å²) >= 11 is 1.79. The second-order valence-electron chi connectivity index (χ2n) is 4.98. The molecule has 3 nitrogen and oxygen atoms in total. The predicted molar refractivity (Wildman–Crippen MR) is 83.2 cm³/mol. The van der Waals surface area contributed by atoms with Gasteiger partial charge in [-0.1, -0.05) is 13.0 Å². The first kappa shape index (κ1) is 14.3. The lowest BCUT2D eigenvalue weighted by atomic mass is 10.1. The Hall–Kier alpha value is -1.16. The molecule has 0 aliphatic carbocycles. The third-order valence-electron chi connectivity index (χ3n) is 3.76. The number of benzene rings is 1. The maximum absolute atomic E-state index is 12.5. The number of rotatable bonds is 5. The van der Waals surface area contributed by atoms with E-state index in [2.05, 4.69) is 24.6 Å². The van der Waals surface area contributed by atoms with Gasteiger partial charge in [0.05, 0.1) is 0 Å². The third kappa shape index (κ3) is 3.06. The normalized spacial score (nSPS) is 14.7. The molecule has 1 aromatic rings. The molecule has 1 unspecified atom stereocenters. The van der Waals surface area contributed by atoms with Crippen molar-refractivity contribution in [2.75, 3.05) is 30.9 Å². The molecule has 1 N–H and O–H groups in total. The van der Waals surface area contributed by atoms with Gasteiger partial charge in [0.25, 0.3) is 5.91 Å². The molecule has 4 heteroatoms. The Balaban J connectivity index is 2.14. The first-order valence-corrected chi connectivity index (χ1v) is 8.19. The maximum atomic E-state index is 12.5. The number of thioether (sulfide) groups is 1. The minimum Gasteiger partial charge on any atom is -0.384 e. The molecule has 1 amide bonds. The summed E-state index contributed by atoms with van der Waals surface area (Å²) in [5, 5.41) is 3.33. The Morgan fingerprint density at radius 2 is 2.32 bits per heavy atom. The van der Waals surface area contributed by atoms with Crippen molar-refractivity contribution in [1.82, 2.24) is 4.90 Å². The summed E-state index contributed by atoms with van der Waals surface area (Å²) in [5.41, 5.74) is 3.22. The Labute approximate surface area is 119 Å². The van der Waals surface area contributed by atoms with E-state index in [9.17, 15) is 4.79 Å². The van der Waals surface area contributed by atoms with E-state index in [1.807, 2.05) is 24.1 Å². The van der Waals surface area contributed by atoms with Gasteiger partial charge in [-0.2, -0.15) is 11.8 Å². The number of nitrogens with one attached hydrogen (secondary N) is 1. The molecule has 1 heterocycles. The standard InChI is InChI=1S/C15H22N2OS/c1-4-13(10-19-3)17(2)15(18)12-6-5-11-7-8-16-14(11)9-12/h5-6,9,13,16H,4,7-8,10H2,1-3H3. The van der Waals surface area contributed by atoms with Crippen molar-refractivity contribution in [2.24, 2.45) is 0 Å². The van der Waals surface area contributed by atoms with E-state index < -0.39 is 0 Å². The summed E-state index contributed by atoms with van der Waals surface area (Å²) in [6.07, 6.45) is 4.14. The van der Waals surface area contributed by atoms with E-state index >= 15 is 0 Å². The fourth-order valence-electron chi connectivity index (χ4n) is 2.49. The van der Waals surface area contributed by atoms with Crippen molar-refractivity contribution in [3.8, 4) is 0 Å². The van der Waals surface area contributed by atoms with Crippen LogP contribution in [-0.4, -0.2) is 42.4 Å². The summed E-state index contributed by atoms with van der Waals surface area (Å²) in [7, 11) is 1.91. The molecule has 0 saturated carbocycles. The van der Waals surface area contributed by atoms with E-state index in [0.717, 1.165) is 36.4 Å². The van der Waals surface area contributed by atoms with Crippen LogP contribution in [0.25, 0.3) is 0 Å². The van der Waals surface area contributed by atoms with Gasteiger partial charge in [-0.15, -0.1) is 0 Å². The number of nitrogens with zero attached hydrogens (tertiary/aromatic N) is 1. The van der Waals surface area contributed by atoms with E-state index in [0.29, 0.717) is 6.04 Å². The summed E-state index contributed by atoms with van der Waals surface area (Å²) < 4.78 is 0. The highest BCUT2D eigenvalue weighted by Crippen LogP contribution is 2.24. The number of carbonyl (C=O) groups excluding carboxylic acids is 1. The molecule has 1 aliphatic heterocycles. The number of carbonyl (C=O) groups is 1. The van der Waals surface area contributed by atoms with Crippen LogP contribution in [0.3, 0.4) is 0 Å². The van der Waals surface area contributed by atoms with Gasteiger partial charge in [-0.05, 0) is 36.8 Å². The third-order valence-corrected chi connectivity index (χ3v) is 4.48. The minimum absolute atomic E-state index is 0.123. The molecule has 1 aromatic carbocycles. The molecular weight excluding hydrogens is 256 g/mol. The SMILES string of the molecule is CCC(CSC)N(C)C(=O)c1ccc2c(c1)NCC2. The number of hydrogen-bond donors (Lipinski definition) is 1. The second kappa shape index (κ2) is 6.33. The molecule has 0 radical (unpaired) electrons. The zero-order valence-corrected chi connectivity index (χ0v) is 12.7. The van der Waals surface area contributed by atoms with Crippen molar-refractivity contribution >= 4 is 23.4 Å². The quantitative estimate of drug-likeness (QED) is 0.899. The first-order chi connectivity index (χ1) is 9.17. The fraction of sp³-hybridized carbons (Fsp3) is 0.533. The van der Waals surface area contributed by atoms with E-state index in [4.69, 9.17) is 0 Å². The van der Waals surface area contributed by atoms with E-state index in [1.54, 1.807) is 11.8 Å². The Kier molecular flexibility index (Phi) is 4.75. The lowest BCUT2D eigenvalue weighted by Gasteiger charge is -2.27. The topological polar surface area (TPSA) is 32.3 Å². The van der Waals surface area contributed by atoms with Crippen LogP contribution in [0.5, 0.6) is 0 Å². The van der Waals surface area contributed by atoms with Crippen LogP contribution in [0.15, 0.2) is 18.2 Å². The van der Waals surface area contributed by atoms with Crippen molar-refractivity contribution in [3.63, 3.8) is 0 Å². The molecule has 1 aliphatic rings. The number of fused-ring (bicyclic) bond motifs is 1. The zero-order valence-electron chi connectivity index (χ0n) is 11.9.